The van der Waals surface area contributed by atoms with Crippen LogP contribution in [0.15, 0.2) is 37.1 Å². The maximum Gasteiger partial charge on any atom is 0.641 e. The number of pyridine rings is 1. The number of aromatic nitrogens is 3. The summed E-state index contributed by atoms with van der Waals surface area (Å²) in [6.45, 7) is 22.4. The highest BCUT2D eigenvalue weighted by atomic mass is 16.8. The molecule has 2 aromatic rings. The molecule has 2 aliphatic rings. The summed E-state index contributed by atoms with van der Waals surface area (Å²) in [7, 11) is -1.43. The minimum Gasteiger partial charge on any atom is -0.399 e. The first-order valence-electron chi connectivity index (χ1n) is 12.5. The Bertz CT molecular complexity index is 1060. The second kappa shape index (κ2) is 8.60. The van der Waals surface area contributed by atoms with Gasteiger partial charge in [-0.2, -0.15) is 0 Å². The van der Waals surface area contributed by atoms with Crippen molar-refractivity contribution >= 4 is 19.9 Å². The van der Waals surface area contributed by atoms with Crippen molar-refractivity contribution in [3.05, 3.63) is 48.3 Å². The summed E-state index contributed by atoms with van der Waals surface area (Å²) in [5.74, 6) is 0. The van der Waals surface area contributed by atoms with Gasteiger partial charge in [-0.1, -0.05) is 26.8 Å². The van der Waals surface area contributed by atoms with Crippen LogP contribution in [0.5, 0.6) is 0 Å². The van der Waals surface area contributed by atoms with E-state index in [4.69, 9.17) is 28.3 Å². The van der Waals surface area contributed by atoms with Gasteiger partial charge < -0.3 is 23.3 Å². The number of rotatable bonds is 5. The van der Waals surface area contributed by atoms with Crippen LogP contribution in [0.1, 0.15) is 87.4 Å². The third-order valence-electron chi connectivity index (χ3n) is 8.20. The molecule has 0 radical (unpaired) electrons. The second-order valence-corrected chi connectivity index (χ2v) is 12.8. The maximum absolute atomic E-state index is 6.79. The van der Waals surface area contributed by atoms with Crippen molar-refractivity contribution in [3.63, 3.8) is 0 Å². The molecule has 194 valence electrons. The Kier molecular flexibility index (Phi) is 6.50. The average molecular weight is 495 g/mol. The summed E-state index contributed by atoms with van der Waals surface area (Å²) < 4.78 is 31.8. The van der Waals surface area contributed by atoms with Crippen molar-refractivity contribution in [2.75, 3.05) is 0 Å². The number of hydrogen-bond donors (Lipinski definition) is 0. The summed E-state index contributed by atoms with van der Waals surface area (Å²) >= 11 is 0. The van der Waals surface area contributed by atoms with Crippen LogP contribution in [0, 0.1) is 5.41 Å². The monoisotopic (exact) mass is 495 g/mol. The maximum atomic E-state index is 6.79. The second-order valence-electron chi connectivity index (χ2n) is 12.8. The molecule has 0 aliphatic carbocycles. The van der Waals surface area contributed by atoms with Gasteiger partial charge in [0.2, 0.25) is 0 Å². The van der Waals surface area contributed by atoms with Crippen molar-refractivity contribution in [1.29, 1.82) is 0 Å². The molecule has 2 aliphatic heterocycles. The van der Waals surface area contributed by atoms with Crippen LogP contribution in [-0.4, -0.2) is 51.8 Å². The van der Waals surface area contributed by atoms with Gasteiger partial charge in [0.25, 0.3) is 0 Å². The summed E-state index contributed by atoms with van der Waals surface area (Å²) in [6.07, 6.45) is 6.80. The quantitative estimate of drug-likeness (QED) is 0.575. The number of nitrogens with zero attached hydrogens (tertiary/aromatic N) is 3. The van der Waals surface area contributed by atoms with Gasteiger partial charge in [0.1, 0.15) is 11.9 Å². The molecule has 1 unspecified atom stereocenters. The minimum absolute atomic E-state index is 0.438. The van der Waals surface area contributed by atoms with Gasteiger partial charge in [0, 0.05) is 29.6 Å². The fourth-order valence-corrected chi connectivity index (χ4v) is 4.46. The summed E-state index contributed by atoms with van der Waals surface area (Å²) in [5, 5.41) is 0. The van der Waals surface area contributed by atoms with E-state index in [1.807, 2.05) is 67.5 Å². The third kappa shape index (κ3) is 4.41. The molecule has 10 heteroatoms. The van der Waals surface area contributed by atoms with Gasteiger partial charge in [-0.3, -0.25) is 4.98 Å². The summed E-state index contributed by atoms with van der Waals surface area (Å²) in [5.41, 5.74) is -1.28. The lowest BCUT2D eigenvalue weighted by molar-refractivity contribution is -0.0465. The van der Waals surface area contributed by atoms with Crippen LogP contribution in [0.25, 0.3) is 0 Å². The lowest BCUT2D eigenvalue weighted by Gasteiger charge is -2.44. The zero-order valence-corrected chi connectivity index (χ0v) is 23.5. The predicted octanol–water partition coefficient (Wildman–Crippen LogP) is 4.07. The van der Waals surface area contributed by atoms with Crippen LogP contribution in [0.3, 0.4) is 0 Å². The van der Waals surface area contributed by atoms with Crippen molar-refractivity contribution in [3.8, 4) is 0 Å². The minimum atomic E-state index is -1.08. The lowest BCUT2D eigenvalue weighted by Crippen LogP contribution is -2.49. The fourth-order valence-electron chi connectivity index (χ4n) is 4.46. The zero-order chi connectivity index (χ0) is 26.8. The van der Waals surface area contributed by atoms with Crippen LogP contribution >= 0.6 is 0 Å². The molecule has 2 aromatic heterocycles. The molecule has 8 nitrogen and oxygen atoms in total. The van der Waals surface area contributed by atoms with Gasteiger partial charge in [0.15, 0.2) is 0 Å². The Hall–Kier alpha value is -1.84. The van der Waals surface area contributed by atoms with Crippen molar-refractivity contribution in [2.24, 2.45) is 5.41 Å². The average Bonchev–Trinajstić information content (AvgIpc) is 3.10. The SMILES string of the molecule is CC(C)(C)C(OB1OC(C)(C)C(C)(C)O1)(c1cncnc1)c1ccc(B2OC(C)(C)C(C)(C)O2)cn1. The Balaban J connectivity index is 1.77. The molecule has 0 spiro atoms. The van der Waals surface area contributed by atoms with E-state index in [0.29, 0.717) is 5.69 Å². The highest BCUT2D eigenvalue weighted by Gasteiger charge is 2.59. The highest BCUT2D eigenvalue weighted by Crippen LogP contribution is 2.49. The summed E-state index contributed by atoms with van der Waals surface area (Å²) in [6, 6.07) is 3.92. The lowest BCUT2D eigenvalue weighted by atomic mass is 9.69. The van der Waals surface area contributed by atoms with Gasteiger partial charge in [0.05, 0.1) is 28.1 Å². The molecule has 0 aromatic carbocycles. The molecule has 0 bridgehead atoms. The summed E-state index contributed by atoms with van der Waals surface area (Å²) in [4.78, 5) is 13.5. The van der Waals surface area contributed by atoms with Crippen molar-refractivity contribution in [1.82, 2.24) is 15.0 Å². The van der Waals surface area contributed by atoms with E-state index in [0.717, 1.165) is 11.0 Å². The van der Waals surface area contributed by atoms with Crippen LogP contribution in [0.4, 0.5) is 0 Å². The molecule has 0 saturated carbocycles. The molecule has 36 heavy (non-hydrogen) atoms. The van der Waals surface area contributed by atoms with Crippen LogP contribution < -0.4 is 5.46 Å². The Morgan fingerprint density at radius 1 is 0.722 bits per heavy atom. The Labute approximate surface area is 216 Å². The first-order valence-corrected chi connectivity index (χ1v) is 12.5. The zero-order valence-electron chi connectivity index (χ0n) is 23.5. The predicted molar refractivity (Wildman–Crippen MR) is 139 cm³/mol. The Morgan fingerprint density at radius 2 is 1.22 bits per heavy atom. The van der Waals surface area contributed by atoms with Crippen LogP contribution in [0.2, 0.25) is 0 Å². The van der Waals surface area contributed by atoms with Crippen LogP contribution in [-0.2, 0) is 28.9 Å². The van der Waals surface area contributed by atoms with Gasteiger partial charge in [-0.25, -0.2) is 9.97 Å². The molecule has 0 amide bonds. The molecule has 0 N–H and O–H groups in total. The normalized spacial score (nSPS) is 24.1. The Morgan fingerprint density at radius 3 is 1.67 bits per heavy atom. The topological polar surface area (TPSA) is 84.8 Å². The van der Waals surface area contributed by atoms with E-state index in [2.05, 4.69) is 30.7 Å². The van der Waals surface area contributed by atoms with Crippen molar-refractivity contribution in [2.45, 2.75) is 104 Å². The smallest absolute Gasteiger partial charge is 0.399 e. The van der Waals surface area contributed by atoms with Gasteiger partial charge >= 0.3 is 14.4 Å². The first-order chi connectivity index (χ1) is 16.4. The van der Waals surface area contributed by atoms with E-state index in [1.54, 1.807) is 18.6 Å². The fraction of sp³-hybridized carbons (Fsp3) is 0.654. The highest BCUT2D eigenvalue weighted by molar-refractivity contribution is 6.62. The standard InChI is InChI=1S/C26H39B2N3O5/c1-21(2,3)26(18-14-29-17-30-15-18,36-28-34-24(8,9)25(10,11)35-28)20-13-12-19(16-31-20)27-32-22(4,5)23(6,7)33-27/h12-17H,1-11H3. The first kappa shape index (κ1) is 27.2. The van der Waals surface area contributed by atoms with Crippen molar-refractivity contribution < 1.29 is 23.3 Å². The molecular formula is C26H39B2N3O5. The molecule has 2 saturated heterocycles. The van der Waals surface area contributed by atoms with E-state index >= 15 is 0 Å². The van der Waals surface area contributed by atoms with Gasteiger partial charge in [-0.05, 0) is 66.9 Å². The third-order valence-corrected chi connectivity index (χ3v) is 8.20. The number of hydrogen-bond acceptors (Lipinski definition) is 8. The molecular weight excluding hydrogens is 456 g/mol. The van der Waals surface area contributed by atoms with E-state index in [9.17, 15) is 0 Å². The molecule has 4 heterocycles. The van der Waals surface area contributed by atoms with Gasteiger partial charge in [-0.15, -0.1) is 0 Å². The van der Waals surface area contributed by atoms with E-state index in [1.165, 1.54) is 6.33 Å². The van der Waals surface area contributed by atoms with E-state index < -0.39 is 47.9 Å². The van der Waals surface area contributed by atoms with E-state index in [-0.39, 0.29) is 0 Å². The molecule has 1 atom stereocenters. The molecule has 2 fully saturated rings. The largest absolute Gasteiger partial charge is 0.641 e. The molecule has 4 rings (SSSR count).